The third-order valence-electron chi connectivity index (χ3n) is 3.78. The summed E-state index contributed by atoms with van der Waals surface area (Å²) in [7, 11) is 0. The highest BCUT2D eigenvalue weighted by molar-refractivity contribution is 9.10. The summed E-state index contributed by atoms with van der Waals surface area (Å²) in [6.45, 7) is 11.6. The first-order chi connectivity index (χ1) is 7.85. The summed E-state index contributed by atoms with van der Waals surface area (Å²) >= 11 is 3.61. The summed E-state index contributed by atoms with van der Waals surface area (Å²) in [4.78, 5) is 0. The van der Waals surface area contributed by atoms with Crippen LogP contribution in [0, 0.1) is 18.3 Å². The minimum Gasteiger partial charge on any atom is -0.396 e. The van der Waals surface area contributed by atoms with E-state index < -0.39 is 0 Å². The Hall–Kier alpha value is -0.350. The van der Waals surface area contributed by atoms with Gasteiger partial charge in [0.15, 0.2) is 0 Å². The zero-order chi connectivity index (χ0) is 13.2. The van der Waals surface area contributed by atoms with Crippen molar-refractivity contribution in [3.8, 4) is 0 Å². The van der Waals surface area contributed by atoms with Crippen molar-refractivity contribution in [3.05, 3.63) is 15.9 Å². The number of aryl methyl sites for hydroxylation is 2. The van der Waals surface area contributed by atoms with Crippen molar-refractivity contribution >= 4 is 15.9 Å². The van der Waals surface area contributed by atoms with Crippen LogP contribution in [0.1, 0.15) is 39.1 Å². The van der Waals surface area contributed by atoms with E-state index in [-0.39, 0.29) is 12.0 Å². The lowest BCUT2D eigenvalue weighted by Crippen LogP contribution is -2.31. The van der Waals surface area contributed by atoms with Gasteiger partial charge in [0.25, 0.3) is 0 Å². The van der Waals surface area contributed by atoms with Crippen molar-refractivity contribution in [2.75, 3.05) is 6.61 Å². The maximum atomic E-state index is 9.63. The van der Waals surface area contributed by atoms with Gasteiger partial charge in [0, 0.05) is 13.2 Å². The van der Waals surface area contributed by atoms with E-state index in [4.69, 9.17) is 0 Å². The molecule has 0 saturated carbocycles. The molecule has 1 N–H and O–H groups in total. The second-order valence-corrected chi connectivity index (χ2v) is 6.10. The summed E-state index contributed by atoms with van der Waals surface area (Å²) in [6.07, 6.45) is 0.844. The molecule has 1 aromatic heterocycles. The van der Waals surface area contributed by atoms with Crippen LogP contribution in [0.2, 0.25) is 0 Å². The predicted octanol–water partition coefficient (Wildman–Crippen LogP) is 3.17. The molecule has 0 aliphatic carbocycles. The molecule has 0 amide bonds. The van der Waals surface area contributed by atoms with Crippen LogP contribution < -0.4 is 0 Å². The lowest BCUT2D eigenvalue weighted by molar-refractivity contribution is 0.0923. The average Bonchev–Trinajstić information content (AvgIpc) is 2.56. The standard InChI is InChI=1S/C13H23BrN2O/c1-6-16-11(12(14)10(4)15-16)7-13(5,8-17)9(2)3/h9,17H,6-8H2,1-5H3. The van der Waals surface area contributed by atoms with Crippen molar-refractivity contribution in [2.45, 2.75) is 47.6 Å². The first-order valence-electron chi connectivity index (χ1n) is 6.18. The molecular formula is C13H23BrN2O. The zero-order valence-electron chi connectivity index (χ0n) is 11.4. The predicted molar refractivity (Wildman–Crippen MR) is 74.1 cm³/mol. The number of halogens is 1. The van der Waals surface area contributed by atoms with Crippen LogP contribution in [0.25, 0.3) is 0 Å². The molecule has 1 unspecified atom stereocenters. The van der Waals surface area contributed by atoms with Gasteiger partial charge in [-0.1, -0.05) is 20.8 Å². The molecule has 1 heterocycles. The van der Waals surface area contributed by atoms with Gasteiger partial charge in [-0.15, -0.1) is 0 Å². The Morgan fingerprint density at radius 3 is 2.47 bits per heavy atom. The van der Waals surface area contributed by atoms with Crippen LogP contribution in [0.4, 0.5) is 0 Å². The molecule has 0 aliphatic rings. The number of aliphatic hydroxyl groups is 1. The molecule has 0 spiro atoms. The third-order valence-corrected chi connectivity index (χ3v) is 4.81. The van der Waals surface area contributed by atoms with Gasteiger partial charge >= 0.3 is 0 Å². The molecule has 98 valence electrons. The fourth-order valence-corrected chi connectivity index (χ4v) is 2.29. The van der Waals surface area contributed by atoms with Crippen LogP contribution in [0.5, 0.6) is 0 Å². The summed E-state index contributed by atoms with van der Waals surface area (Å²) in [5, 5.41) is 14.1. The Balaban J connectivity index is 3.09. The van der Waals surface area contributed by atoms with Gasteiger partial charge in [-0.2, -0.15) is 5.10 Å². The molecule has 0 radical (unpaired) electrons. The highest BCUT2D eigenvalue weighted by atomic mass is 79.9. The minimum absolute atomic E-state index is 0.0953. The van der Waals surface area contributed by atoms with E-state index >= 15 is 0 Å². The average molecular weight is 303 g/mol. The first-order valence-corrected chi connectivity index (χ1v) is 6.97. The zero-order valence-corrected chi connectivity index (χ0v) is 13.0. The van der Waals surface area contributed by atoms with Crippen molar-refractivity contribution in [3.63, 3.8) is 0 Å². The fraction of sp³-hybridized carbons (Fsp3) is 0.769. The summed E-state index contributed by atoms with van der Waals surface area (Å²) < 4.78 is 3.11. The number of aromatic nitrogens is 2. The smallest absolute Gasteiger partial charge is 0.0738 e. The Labute approximate surface area is 112 Å². The summed E-state index contributed by atoms with van der Waals surface area (Å²) in [5.74, 6) is 0.430. The monoisotopic (exact) mass is 302 g/mol. The highest BCUT2D eigenvalue weighted by Crippen LogP contribution is 2.34. The molecule has 1 aromatic rings. The Morgan fingerprint density at radius 1 is 1.47 bits per heavy atom. The lowest BCUT2D eigenvalue weighted by atomic mass is 9.76. The molecule has 4 heteroatoms. The van der Waals surface area contributed by atoms with Crippen LogP contribution in [0.15, 0.2) is 4.47 Å². The minimum atomic E-state index is -0.0953. The van der Waals surface area contributed by atoms with Gasteiger partial charge < -0.3 is 5.11 Å². The highest BCUT2D eigenvalue weighted by Gasteiger charge is 2.30. The molecule has 0 aromatic carbocycles. The number of hydrogen-bond donors (Lipinski definition) is 1. The van der Waals surface area contributed by atoms with Gasteiger partial charge in [-0.3, -0.25) is 4.68 Å². The van der Waals surface area contributed by atoms with Crippen molar-refractivity contribution in [2.24, 2.45) is 11.3 Å². The molecule has 3 nitrogen and oxygen atoms in total. The van der Waals surface area contributed by atoms with Crippen LogP contribution in [-0.4, -0.2) is 21.5 Å². The molecule has 0 fully saturated rings. The van der Waals surface area contributed by atoms with E-state index in [1.165, 1.54) is 5.69 Å². The van der Waals surface area contributed by atoms with E-state index in [0.29, 0.717) is 5.92 Å². The number of nitrogens with zero attached hydrogens (tertiary/aromatic N) is 2. The van der Waals surface area contributed by atoms with Gasteiger partial charge in [-0.25, -0.2) is 0 Å². The molecule has 1 rings (SSSR count). The Kier molecular flexibility index (Phi) is 4.78. The second kappa shape index (κ2) is 5.53. The Bertz CT molecular complexity index is 387. The first kappa shape index (κ1) is 14.7. The lowest BCUT2D eigenvalue weighted by Gasteiger charge is -2.32. The van der Waals surface area contributed by atoms with E-state index in [1.54, 1.807) is 0 Å². The third kappa shape index (κ3) is 2.91. The van der Waals surface area contributed by atoms with Crippen molar-refractivity contribution in [1.82, 2.24) is 9.78 Å². The number of aliphatic hydroxyl groups excluding tert-OH is 1. The van der Waals surface area contributed by atoms with E-state index in [9.17, 15) is 5.11 Å². The van der Waals surface area contributed by atoms with Crippen LogP contribution in [0.3, 0.4) is 0 Å². The number of rotatable bonds is 5. The van der Waals surface area contributed by atoms with Gasteiger partial charge in [0.05, 0.1) is 15.9 Å². The second-order valence-electron chi connectivity index (χ2n) is 5.31. The van der Waals surface area contributed by atoms with Crippen LogP contribution >= 0.6 is 15.9 Å². The summed E-state index contributed by atoms with van der Waals surface area (Å²) in [6, 6.07) is 0. The maximum absolute atomic E-state index is 9.63. The van der Waals surface area contributed by atoms with Crippen LogP contribution in [-0.2, 0) is 13.0 Å². The summed E-state index contributed by atoms with van der Waals surface area (Å²) in [5.41, 5.74) is 2.11. The van der Waals surface area contributed by atoms with Gasteiger partial charge in [0.2, 0.25) is 0 Å². The molecule has 1 atom stereocenters. The number of hydrogen-bond acceptors (Lipinski definition) is 2. The quantitative estimate of drug-likeness (QED) is 0.907. The normalized spacial score (nSPS) is 15.3. The van der Waals surface area contributed by atoms with E-state index in [0.717, 1.165) is 23.1 Å². The topological polar surface area (TPSA) is 38.0 Å². The molecule has 17 heavy (non-hydrogen) atoms. The van der Waals surface area contributed by atoms with Gasteiger partial charge in [0.1, 0.15) is 0 Å². The van der Waals surface area contributed by atoms with E-state index in [2.05, 4.69) is 48.7 Å². The molecule has 0 bridgehead atoms. The molecular weight excluding hydrogens is 280 g/mol. The maximum Gasteiger partial charge on any atom is 0.0738 e. The SMILES string of the molecule is CCn1nc(C)c(Br)c1CC(C)(CO)C(C)C. The van der Waals surface area contributed by atoms with E-state index in [1.807, 2.05) is 11.6 Å². The Morgan fingerprint density at radius 2 is 2.06 bits per heavy atom. The molecule has 0 saturated heterocycles. The van der Waals surface area contributed by atoms with Crippen molar-refractivity contribution in [1.29, 1.82) is 0 Å². The fourth-order valence-electron chi connectivity index (χ4n) is 1.86. The van der Waals surface area contributed by atoms with Crippen molar-refractivity contribution < 1.29 is 5.11 Å². The molecule has 0 aliphatic heterocycles. The van der Waals surface area contributed by atoms with Gasteiger partial charge in [-0.05, 0) is 47.5 Å². The largest absolute Gasteiger partial charge is 0.396 e.